The summed E-state index contributed by atoms with van der Waals surface area (Å²) in [7, 11) is -2.09. The summed E-state index contributed by atoms with van der Waals surface area (Å²) in [6.45, 7) is 0. The first-order chi connectivity index (χ1) is 10.8. The van der Waals surface area contributed by atoms with Gasteiger partial charge < -0.3 is 5.11 Å². The van der Waals surface area contributed by atoms with E-state index in [4.69, 9.17) is 11.6 Å². The van der Waals surface area contributed by atoms with Crippen LogP contribution in [0.4, 0.5) is 0 Å². The fourth-order valence-electron chi connectivity index (χ4n) is 4.04. The van der Waals surface area contributed by atoms with Gasteiger partial charge in [-0.05, 0) is 42.4 Å². The molecule has 4 rings (SSSR count). The lowest BCUT2D eigenvalue weighted by molar-refractivity contribution is 0.103. The van der Waals surface area contributed by atoms with Crippen LogP contribution in [0.1, 0.15) is 18.4 Å². The summed E-state index contributed by atoms with van der Waals surface area (Å²) in [4.78, 5) is 0. The number of rotatable bonds is 4. The maximum atomic E-state index is 11.6. The van der Waals surface area contributed by atoms with E-state index in [0.29, 0.717) is 17.9 Å². The van der Waals surface area contributed by atoms with Gasteiger partial charge in [-0.15, -0.1) is 0 Å². The van der Waals surface area contributed by atoms with E-state index in [0.717, 1.165) is 16.5 Å². The summed E-state index contributed by atoms with van der Waals surface area (Å²) in [5.41, 5.74) is 0.617. The average molecular weight is 357 g/mol. The third kappa shape index (κ3) is 2.28. The maximum Gasteiger partial charge on any atom is 0.276 e. The second-order valence-corrected chi connectivity index (χ2v) is 8.40. The van der Waals surface area contributed by atoms with E-state index in [1.807, 2.05) is 0 Å². The smallest absolute Gasteiger partial charge is 0.276 e. The summed E-state index contributed by atoms with van der Waals surface area (Å²) in [6.07, 6.45) is 2.90. The highest BCUT2D eigenvalue weighted by atomic mass is 35.5. The molecule has 23 heavy (non-hydrogen) atoms. The molecule has 1 aromatic heterocycles. The van der Waals surface area contributed by atoms with Crippen LogP contribution in [0.3, 0.4) is 0 Å². The molecule has 4 N–H and O–H groups in total. The van der Waals surface area contributed by atoms with Crippen LogP contribution in [0.5, 0.6) is 0 Å². The highest BCUT2D eigenvalue weighted by Gasteiger charge is 2.69. The number of H-pyrrole nitrogens is 1. The predicted octanol–water partition coefficient (Wildman–Crippen LogP) is 0.866. The Hall–Kier alpha value is -1.19. The summed E-state index contributed by atoms with van der Waals surface area (Å²) in [5.74, 6) is 0.0623. The minimum absolute atomic E-state index is 0.0311. The summed E-state index contributed by atoms with van der Waals surface area (Å²) in [5, 5.41) is 19.4. The van der Waals surface area contributed by atoms with Gasteiger partial charge in [0.15, 0.2) is 0 Å². The second kappa shape index (κ2) is 4.90. The van der Waals surface area contributed by atoms with Crippen LogP contribution in [0.25, 0.3) is 10.9 Å². The van der Waals surface area contributed by atoms with E-state index in [9.17, 15) is 13.5 Å². The van der Waals surface area contributed by atoms with E-state index >= 15 is 0 Å². The van der Waals surface area contributed by atoms with Gasteiger partial charge in [0.25, 0.3) is 10.2 Å². The number of aromatic amines is 1. The molecule has 0 bridgehead atoms. The van der Waals surface area contributed by atoms with E-state index < -0.39 is 15.8 Å². The number of aliphatic hydroxyl groups is 1. The number of nitrogens with zero attached hydrogens (tertiary/aromatic N) is 1. The Kier molecular flexibility index (Phi) is 3.27. The molecule has 0 radical (unpaired) electrons. The normalized spacial score (nSPS) is 33.1. The van der Waals surface area contributed by atoms with Crippen molar-refractivity contribution in [3.8, 4) is 0 Å². The lowest BCUT2D eigenvalue weighted by atomic mass is 9.95. The molecule has 1 aromatic carbocycles. The van der Waals surface area contributed by atoms with Gasteiger partial charge in [0.05, 0.1) is 17.3 Å². The molecule has 4 atom stereocenters. The Morgan fingerprint density at radius 3 is 2.74 bits per heavy atom. The van der Waals surface area contributed by atoms with Crippen LogP contribution >= 0.6 is 11.6 Å². The molecule has 2 unspecified atom stereocenters. The zero-order valence-electron chi connectivity index (χ0n) is 12.4. The number of nitrogens with one attached hydrogen (secondary N) is 3. The zero-order chi connectivity index (χ0) is 16.4. The summed E-state index contributed by atoms with van der Waals surface area (Å²) in [6, 6.07) is 3.41. The molecule has 0 amide bonds. The van der Waals surface area contributed by atoms with Gasteiger partial charge in [0.2, 0.25) is 0 Å². The SMILES string of the molecule is CNS(=O)(=O)NC1C[C@@H]2[C@H](C1)C2(O)c1cc(Cl)cc2[nH]ncc12. The van der Waals surface area contributed by atoms with Crippen molar-refractivity contribution in [3.63, 3.8) is 0 Å². The van der Waals surface area contributed by atoms with Gasteiger partial charge >= 0.3 is 0 Å². The summed E-state index contributed by atoms with van der Waals surface area (Å²) >= 11 is 6.15. The van der Waals surface area contributed by atoms with E-state index in [1.54, 1.807) is 18.3 Å². The maximum absolute atomic E-state index is 11.6. The van der Waals surface area contributed by atoms with Crippen LogP contribution < -0.4 is 9.44 Å². The van der Waals surface area contributed by atoms with Crippen molar-refractivity contribution in [2.24, 2.45) is 11.8 Å². The Morgan fingerprint density at radius 1 is 1.39 bits per heavy atom. The van der Waals surface area contributed by atoms with Gasteiger partial charge in [0.1, 0.15) is 0 Å². The van der Waals surface area contributed by atoms with Crippen LogP contribution in [0.15, 0.2) is 18.3 Å². The van der Waals surface area contributed by atoms with Crippen molar-refractivity contribution < 1.29 is 13.5 Å². The number of aromatic nitrogens is 2. The molecule has 2 aliphatic carbocycles. The molecule has 2 saturated carbocycles. The predicted molar refractivity (Wildman–Crippen MR) is 86.1 cm³/mol. The second-order valence-electron chi connectivity index (χ2n) is 6.32. The first-order valence-corrected chi connectivity index (χ1v) is 9.27. The van der Waals surface area contributed by atoms with Crippen molar-refractivity contribution in [2.75, 3.05) is 7.05 Å². The Labute approximate surface area is 138 Å². The fourth-order valence-corrected chi connectivity index (χ4v) is 5.01. The van der Waals surface area contributed by atoms with Crippen LogP contribution in [-0.4, -0.2) is 36.8 Å². The third-order valence-electron chi connectivity index (χ3n) is 5.13. The lowest BCUT2D eigenvalue weighted by Gasteiger charge is -2.21. The van der Waals surface area contributed by atoms with Crippen LogP contribution in [0.2, 0.25) is 5.02 Å². The number of hydrogen-bond acceptors (Lipinski definition) is 4. The Morgan fingerprint density at radius 2 is 2.09 bits per heavy atom. The molecular weight excluding hydrogens is 340 g/mol. The monoisotopic (exact) mass is 356 g/mol. The minimum atomic E-state index is -3.46. The molecule has 9 heteroatoms. The van der Waals surface area contributed by atoms with E-state index in [-0.39, 0.29) is 17.9 Å². The first-order valence-electron chi connectivity index (χ1n) is 7.41. The standard InChI is InChI=1S/C14H17ClN4O3S/c1-16-23(21,22)19-8-4-11-12(5-8)14(11,20)10-2-7(15)3-13-9(10)6-17-18-13/h2-3,6,8,11-12,16,19-20H,4-5H2,1H3,(H,17,18)/t8?,11-,12+,14?. The Bertz CT molecular complexity index is 869. The topological polar surface area (TPSA) is 107 Å². The number of halogens is 1. The average Bonchev–Trinajstić information content (AvgIpc) is 2.93. The number of hydrogen-bond donors (Lipinski definition) is 4. The van der Waals surface area contributed by atoms with Gasteiger partial charge in [-0.25, -0.2) is 4.72 Å². The molecule has 0 saturated heterocycles. The van der Waals surface area contributed by atoms with Crippen molar-refractivity contribution >= 4 is 32.7 Å². The fraction of sp³-hybridized carbons (Fsp3) is 0.500. The molecule has 124 valence electrons. The molecule has 1 heterocycles. The third-order valence-corrected chi connectivity index (χ3v) is 6.53. The highest BCUT2D eigenvalue weighted by Crippen LogP contribution is 2.67. The van der Waals surface area contributed by atoms with Crippen molar-refractivity contribution in [1.82, 2.24) is 19.6 Å². The number of benzene rings is 1. The van der Waals surface area contributed by atoms with Gasteiger partial charge in [-0.2, -0.15) is 18.2 Å². The first kappa shape index (κ1) is 15.3. The quantitative estimate of drug-likeness (QED) is 0.652. The number of fused-ring (bicyclic) bond motifs is 2. The minimum Gasteiger partial charge on any atom is -0.385 e. The molecule has 0 spiro atoms. The molecule has 2 aromatic rings. The molecule has 2 fully saturated rings. The zero-order valence-corrected chi connectivity index (χ0v) is 13.9. The lowest BCUT2D eigenvalue weighted by Crippen LogP contribution is -2.41. The van der Waals surface area contributed by atoms with Gasteiger partial charge in [0, 0.05) is 23.5 Å². The largest absolute Gasteiger partial charge is 0.385 e. The van der Waals surface area contributed by atoms with Crippen LogP contribution in [0, 0.1) is 11.8 Å². The van der Waals surface area contributed by atoms with Crippen molar-refractivity contribution in [3.05, 3.63) is 28.9 Å². The Balaban J connectivity index is 1.60. The van der Waals surface area contributed by atoms with E-state index in [1.165, 1.54) is 7.05 Å². The van der Waals surface area contributed by atoms with Crippen molar-refractivity contribution in [2.45, 2.75) is 24.5 Å². The van der Waals surface area contributed by atoms with Gasteiger partial charge in [-0.1, -0.05) is 11.6 Å². The molecule has 2 aliphatic rings. The summed E-state index contributed by atoms with van der Waals surface area (Å²) < 4.78 is 28.0. The van der Waals surface area contributed by atoms with Gasteiger partial charge in [-0.3, -0.25) is 5.10 Å². The molecule has 7 nitrogen and oxygen atoms in total. The molecule has 0 aliphatic heterocycles. The highest BCUT2D eigenvalue weighted by molar-refractivity contribution is 7.87. The van der Waals surface area contributed by atoms with E-state index in [2.05, 4.69) is 19.6 Å². The molecular formula is C14H17ClN4O3S. The van der Waals surface area contributed by atoms with Crippen molar-refractivity contribution in [1.29, 1.82) is 0 Å². The van der Waals surface area contributed by atoms with Crippen LogP contribution in [-0.2, 0) is 15.8 Å².